The molecular formula is C17H26ClN5O. The van der Waals surface area contributed by atoms with Crippen molar-refractivity contribution in [3.63, 3.8) is 0 Å². The number of rotatable bonds is 6. The van der Waals surface area contributed by atoms with Crippen LogP contribution in [0.4, 0.5) is 5.82 Å². The summed E-state index contributed by atoms with van der Waals surface area (Å²) in [6, 6.07) is -0.0913. The van der Waals surface area contributed by atoms with Crippen LogP contribution >= 0.6 is 11.6 Å². The SMILES string of the molecule is Cc1cnc(Cl)nc1NC(C)C(=O)NC1CCN(CC2CC2)CC1. The van der Waals surface area contributed by atoms with E-state index in [0.29, 0.717) is 5.82 Å². The first-order valence-corrected chi connectivity index (χ1v) is 9.17. The molecule has 1 unspecified atom stereocenters. The molecule has 132 valence electrons. The van der Waals surface area contributed by atoms with E-state index in [4.69, 9.17) is 11.6 Å². The number of carbonyl (C=O) groups excluding carboxylic acids is 1. The average Bonchev–Trinajstić information content (AvgIpc) is 3.36. The monoisotopic (exact) mass is 351 g/mol. The largest absolute Gasteiger partial charge is 0.358 e. The van der Waals surface area contributed by atoms with Crippen LogP contribution in [0.2, 0.25) is 5.28 Å². The van der Waals surface area contributed by atoms with Crippen molar-refractivity contribution >= 4 is 23.3 Å². The zero-order valence-electron chi connectivity index (χ0n) is 14.4. The molecule has 2 N–H and O–H groups in total. The molecule has 6 nitrogen and oxygen atoms in total. The van der Waals surface area contributed by atoms with Gasteiger partial charge in [0.1, 0.15) is 11.9 Å². The maximum absolute atomic E-state index is 12.4. The van der Waals surface area contributed by atoms with Crippen molar-refractivity contribution in [2.45, 2.75) is 51.6 Å². The van der Waals surface area contributed by atoms with Gasteiger partial charge in [-0.2, -0.15) is 0 Å². The lowest BCUT2D eigenvalue weighted by Crippen LogP contribution is -2.48. The standard InChI is InChI=1S/C17H26ClN5O/c1-11-9-19-17(18)22-15(11)20-12(2)16(24)21-14-5-7-23(8-6-14)10-13-3-4-13/h9,12-14H,3-8,10H2,1-2H3,(H,21,24)(H,19,20,22). The van der Waals surface area contributed by atoms with Crippen LogP contribution in [0.1, 0.15) is 38.2 Å². The highest BCUT2D eigenvalue weighted by Gasteiger charge is 2.28. The zero-order valence-corrected chi connectivity index (χ0v) is 15.1. The van der Waals surface area contributed by atoms with Gasteiger partial charge in [-0.05, 0) is 57.0 Å². The first-order chi connectivity index (χ1) is 11.5. The second-order valence-corrected chi connectivity index (χ2v) is 7.40. The Bertz CT molecular complexity index is 584. The average molecular weight is 352 g/mol. The summed E-state index contributed by atoms with van der Waals surface area (Å²) < 4.78 is 0. The van der Waals surface area contributed by atoms with Gasteiger partial charge in [-0.1, -0.05) is 0 Å². The maximum Gasteiger partial charge on any atom is 0.242 e. The molecule has 2 aliphatic rings. The molecule has 1 atom stereocenters. The quantitative estimate of drug-likeness (QED) is 0.769. The van der Waals surface area contributed by atoms with E-state index < -0.39 is 0 Å². The number of aryl methyl sites for hydroxylation is 1. The summed E-state index contributed by atoms with van der Waals surface area (Å²) >= 11 is 5.82. The summed E-state index contributed by atoms with van der Waals surface area (Å²) in [4.78, 5) is 23.0. The Morgan fingerprint density at radius 3 is 2.75 bits per heavy atom. The van der Waals surface area contributed by atoms with Crippen LogP contribution in [0.15, 0.2) is 6.20 Å². The van der Waals surface area contributed by atoms with E-state index in [2.05, 4.69) is 25.5 Å². The lowest BCUT2D eigenvalue weighted by Gasteiger charge is -2.33. The molecule has 1 aliphatic carbocycles. The number of amides is 1. The number of hydrogen-bond donors (Lipinski definition) is 2. The summed E-state index contributed by atoms with van der Waals surface area (Å²) in [6.07, 6.45) is 6.50. The van der Waals surface area contributed by atoms with E-state index in [1.807, 2.05) is 13.8 Å². The van der Waals surface area contributed by atoms with Crippen LogP contribution in [-0.2, 0) is 4.79 Å². The van der Waals surface area contributed by atoms with Crippen molar-refractivity contribution in [2.75, 3.05) is 25.0 Å². The van der Waals surface area contributed by atoms with Crippen LogP contribution in [-0.4, -0.2) is 52.5 Å². The molecule has 1 saturated carbocycles. The number of anilines is 1. The molecule has 3 rings (SSSR count). The van der Waals surface area contributed by atoms with E-state index in [-0.39, 0.29) is 23.3 Å². The summed E-state index contributed by atoms with van der Waals surface area (Å²) in [5.41, 5.74) is 0.868. The van der Waals surface area contributed by atoms with E-state index in [0.717, 1.165) is 37.4 Å². The van der Waals surface area contributed by atoms with Gasteiger partial charge in [0.05, 0.1) is 0 Å². The van der Waals surface area contributed by atoms with Gasteiger partial charge >= 0.3 is 0 Å². The Kier molecular flexibility index (Phi) is 5.56. The second-order valence-electron chi connectivity index (χ2n) is 7.06. The van der Waals surface area contributed by atoms with E-state index in [1.165, 1.54) is 19.4 Å². The Hall–Kier alpha value is -1.40. The van der Waals surface area contributed by atoms with Gasteiger partial charge < -0.3 is 15.5 Å². The molecule has 0 spiro atoms. The normalized spacial score (nSPS) is 20.6. The molecular weight excluding hydrogens is 326 g/mol. The van der Waals surface area contributed by atoms with Gasteiger partial charge in [0, 0.05) is 37.4 Å². The number of nitrogens with one attached hydrogen (secondary N) is 2. The fraction of sp³-hybridized carbons (Fsp3) is 0.706. The molecule has 1 saturated heterocycles. The fourth-order valence-electron chi connectivity index (χ4n) is 3.09. The highest BCUT2D eigenvalue weighted by atomic mass is 35.5. The van der Waals surface area contributed by atoms with Gasteiger partial charge in [-0.15, -0.1) is 0 Å². The second kappa shape index (κ2) is 7.66. The van der Waals surface area contributed by atoms with Crippen LogP contribution < -0.4 is 10.6 Å². The molecule has 24 heavy (non-hydrogen) atoms. The van der Waals surface area contributed by atoms with Gasteiger partial charge in [-0.3, -0.25) is 4.79 Å². The number of halogens is 1. The van der Waals surface area contributed by atoms with Crippen molar-refractivity contribution in [3.05, 3.63) is 17.0 Å². The van der Waals surface area contributed by atoms with Crippen molar-refractivity contribution in [1.29, 1.82) is 0 Å². The van der Waals surface area contributed by atoms with Gasteiger partial charge in [0.2, 0.25) is 11.2 Å². The smallest absolute Gasteiger partial charge is 0.242 e. The van der Waals surface area contributed by atoms with Gasteiger partial charge in [0.25, 0.3) is 0 Å². The number of nitrogens with zero attached hydrogens (tertiary/aromatic N) is 3. The minimum atomic E-state index is -0.362. The summed E-state index contributed by atoms with van der Waals surface area (Å²) in [6.45, 7) is 7.14. The molecule has 1 aromatic rings. The van der Waals surface area contributed by atoms with E-state index >= 15 is 0 Å². The van der Waals surface area contributed by atoms with Crippen molar-refractivity contribution in [1.82, 2.24) is 20.2 Å². The molecule has 0 aromatic carbocycles. The Morgan fingerprint density at radius 1 is 1.38 bits per heavy atom. The molecule has 0 radical (unpaired) electrons. The number of carbonyl (C=O) groups is 1. The molecule has 2 heterocycles. The van der Waals surface area contributed by atoms with E-state index in [1.54, 1.807) is 6.20 Å². The number of likely N-dealkylation sites (tertiary alicyclic amines) is 1. The first-order valence-electron chi connectivity index (χ1n) is 8.79. The lowest BCUT2D eigenvalue weighted by molar-refractivity contribution is -0.122. The molecule has 1 aliphatic heterocycles. The predicted octanol–water partition coefficient (Wildman–Crippen LogP) is 2.23. The van der Waals surface area contributed by atoms with Gasteiger partial charge in [-0.25, -0.2) is 9.97 Å². The molecule has 0 bridgehead atoms. The zero-order chi connectivity index (χ0) is 17.1. The minimum Gasteiger partial charge on any atom is -0.358 e. The lowest BCUT2D eigenvalue weighted by atomic mass is 10.0. The number of hydrogen-bond acceptors (Lipinski definition) is 5. The van der Waals surface area contributed by atoms with Crippen LogP contribution in [0.3, 0.4) is 0 Å². The third-order valence-electron chi connectivity index (χ3n) is 4.84. The number of aromatic nitrogens is 2. The summed E-state index contributed by atoms with van der Waals surface area (Å²) in [5.74, 6) is 1.55. The minimum absolute atomic E-state index is 0.00442. The molecule has 7 heteroatoms. The van der Waals surface area contributed by atoms with Crippen LogP contribution in [0, 0.1) is 12.8 Å². The first kappa shape index (κ1) is 17.4. The van der Waals surface area contributed by atoms with Crippen molar-refractivity contribution in [3.8, 4) is 0 Å². The Labute approximate surface area is 148 Å². The third-order valence-corrected chi connectivity index (χ3v) is 5.02. The van der Waals surface area contributed by atoms with Crippen LogP contribution in [0.25, 0.3) is 0 Å². The number of piperidine rings is 1. The highest BCUT2D eigenvalue weighted by Crippen LogP contribution is 2.30. The Balaban J connectivity index is 1.45. The summed E-state index contributed by atoms with van der Waals surface area (Å²) in [7, 11) is 0. The predicted molar refractivity (Wildman–Crippen MR) is 95.2 cm³/mol. The maximum atomic E-state index is 12.4. The summed E-state index contributed by atoms with van der Waals surface area (Å²) in [5, 5.41) is 6.46. The molecule has 1 aromatic heterocycles. The van der Waals surface area contributed by atoms with E-state index in [9.17, 15) is 4.79 Å². The highest BCUT2D eigenvalue weighted by molar-refractivity contribution is 6.28. The van der Waals surface area contributed by atoms with Crippen molar-refractivity contribution < 1.29 is 4.79 Å². The third kappa shape index (κ3) is 4.80. The Morgan fingerprint density at radius 2 is 2.08 bits per heavy atom. The fourth-order valence-corrected chi connectivity index (χ4v) is 3.22. The van der Waals surface area contributed by atoms with Crippen molar-refractivity contribution in [2.24, 2.45) is 5.92 Å². The molecule has 2 fully saturated rings. The topological polar surface area (TPSA) is 70.1 Å². The molecule has 1 amide bonds. The van der Waals surface area contributed by atoms with Gasteiger partial charge in [0.15, 0.2) is 0 Å². The van der Waals surface area contributed by atoms with Crippen LogP contribution in [0.5, 0.6) is 0 Å².